The number of likely N-dealkylation sites (tertiary alicyclic amines) is 1. The summed E-state index contributed by atoms with van der Waals surface area (Å²) >= 11 is 0. The van der Waals surface area contributed by atoms with E-state index in [2.05, 4.69) is 29.2 Å². The molecule has 1 aliphatic rings. The fraction of sp³-hybridized carbons (Fsp3) is 0.522. The second-order valence-corrected chi connectivity index (χ2v) is 8.86. The van der Waals surface area contributed by atoms with Crippen molar-refractivity contribution in [3.05, 3.63) is 40.4 Å². The van der Waals surface area contributed by atoms with E-state index in [1.165, 1.54) is 12.6 Å². The molecule has 7 heteroatoms. The molecule has 1 N–H and O–H groups in total. The highest BCUT2D eigenvalue weighted by atomic mass is 16.4. The van der Waals surface area contributed by atoms with E-state index in [4.69, 9.17) is 4.42 Å². The van der Waals surface area contributed by atoms with Gasteiger partial charge in [0, 0.05) is 25.0 Å². The first-order chi connectivity index (χ1) is 14.4. The van der Waals surface area contributed by atoms with Crippen LogP contribution in [-0.4, -0.2) is 46.8 Å². The first-order valence-electron chi connectivity index (χ1n) is 10.8. The minimum Gasteiger partial charge on any atom is -0.422 e. The summed E-state index contributed by atoms with van der Waals surface area (Å²) in [6.45, 7) is 10.6. The molecule has 0 spiro atoms. The van der Waals surface area contributed by atoms with Gasteiger partial charge in [-0.3, -0.25) is 9.48 Å². The van der Waals surface area contributed by atoms with Gasteiger partial charge in [-0.05, 0) is 50.3 Å². The Morgan fingerprint density at radius 3 is 2.77 bits per heavy atom. The minimum atomic E-state index is -0.432. The van der Waals surface area contributed by atoms with Crippen LogP contribution in [0, 0.1) is 18.8 Å². The predicted octanol–water partition coefficient (Wildman–Crippen LogP) is 2.94. The zero-order valence-corrected chi connectivity index (χ0v) is 18.0. The average Bonchev–Trinajstić information content (AvgIpc) is 3.10. The number of hydrogen-bond donors (Lipinski definition) is 1. The fourth-order valence-corrected chi connectivity index (χ4v) is 4.71. The lowest BCUT2D eigenvalue weighted by Gasteiger charge is -2.34. The molecule has 1 aromatic carbocycles. The van der Waals surface area contributed by atoms with Crippen LogP contribution >= 0.6 is 0 Å². The van der Waals surface area contributed by atoms with Crippen LogP contribution in [0.3, 0.4) is 0 Å². The van der Waals surface area contributed by atoms with E-state index in [1.54, 1.807) is 10.7 Å². The molecular weight excluding hydrogens is 380 g/mol. The molecule has 1 saturated heterocycles. The van der Waals surface area contributed by atoms with E-state index in [9.17, 15) is 9.59 Å². The number of benzene rings is 1. The SMILES string of the molecule is Cc1ccc2oc(=O)c3cnn(CC(=O)NCCCN4C[C@H](C)C[C@@H](C)C4)c3c2c1. The Bertz CT molecular complexity index is 1110. The van der Waals surface area contributed by atoms with Gasteiger partial charge in [-0.1, -0.05) is 25.5 Å². The van der Waals surface area contributed by atoms with Crippen LogP contribution < -0.4 is 10.9 Å². The van der Waals surface area contributed by atoms with Gasteiger partial charge in [0.1, 0.15) is 17.5 Å². The molecule has 0 aliphatic carbocycles. The van der Waals surface area contributed by atoms with E-state index >= 15 is 0 Å². The van der Waals surface area contributed by atoms with Gasteiger partial charge in [-0.2, -0.15) is 5.10 Å². The molecule has 2 atom stereocenters. The van der Waals surface area contributed by atoms with Crippen LogP contribution in [0.5, 0.6) is 0 Å². The first-order valence-corrected chi connectivity index (χ1v) is 10.8. The highest BCUT2D eigenvalue weighted by Gasteiger charge is 2.21. The number of carbonyl (C=O) groups is 1. The number of aryl methyl sites for hydroxylation is 1. The van der Waals surface area contributed by atoms with E-state index in [1.807, 2.05) is 19.1 Å². The molecule has 2 aromatic heterocycles. The van der Waals surface area contributed by atoms with Crippen molar-refractivity contribution in [1.29, 1.82) is 0 Å². The number of nitrogens with one attached hydrogen (secondary N) is 1. The molecule has 1 aliphatic heterocycles. The predicted molar refractivity (Wildman–Crippen MR) is 118 cm³/mol. The normalized spacial score (nSPS) is 20.1. The molecule has 1 amide bonds. The Kier molecular flexibility index (Phi) is 5.90. The molecular formula is C23H30N4O3. The molecule has 3 heterocycles. The molecule has 1 fully saturated rings. The lowest BCUT2D eigenvalue weighted by molar-refractivity contribution is -0.121. The summed E-state index contributed by atoms with van der Waals surface area (Å²) in [5, 5.41) is 8.47. The van der Waals surface area contributed by atoms with E-state index in [0.717, 1.165) is 48.8 Å². The van der Waals surface area contributed by atoms with E-state index < -0.39 is 5.63 Å². The molecule has 30 heavy (non-hydrogen) atoms. The molecule has 160 valence electrons. The summed E-state index contributed by atoms with van der Waals surface area (Å²) in [4.78, 5) is 27.3. The van der Waals surface area contributed by atoms with Crippen molar-refractivity contribution in [2.24, 2.45) is 11.8 Å². The second kappa shape index (κ2) is 8.60. The van der Waals surface area contributed by atoms with Crippen LogP contribution in [0.4, 0.5) is 0 Å². The Balaban J connectivity index is 1.39. The highest BCUT2D eigenvalue weighted by Crippen LogP contribution is 2.24. The van der Waals surface area contributed by atoms with E-state index in [0.29, 0.717) is 23.0 Å². The maximum absolute atomic E-state index is 12.5. The Morgan fingerprint density at radius 1 is 1.23 bits per heavy atom. The van der Waals surface area contributed by atoms with Crippen LogP contribution in [0.1, 0.15) is 32.3 Å². The number of rotatable bonds is 6. The Labute approximate surface area is 176 Å². The maximum atomic E-state index is 12.5. The van der Waals surface area contributed by atoms with Crippen molar-refractivity contribution in [3.8, 4) is 0 Å². The number of carbonyl (C=O) groups excluding carboxylic acids is 1. The first kappa shape index (κ1) is 20.6. The van der Waals surface area contributed by atoms with Crippen LogP contribution in [0.15, 0.2) is 33.6 Å². The molecule has 7 nitrogen and oxygen atoms in total. The third kappa shape index (κ3) is 4.41. The largest absolute Gasteiger partial charge is 0.422 e. The van der Waals surface area contributed by atoms with Crippen molar-refractivity contribution in [3.63, 3.8) is 0 Å². The summed E-state index contributed by atoms with van der Waals surface area (Å²) in [6, 6.07) is 5.64. The number of hydrogen-bond acceptors (Lipinski definition) is 5. The third-order valence-electron chi connectivity index (χ3n) is 5.86. The maximum Gasteiger partial charge on any atom is 0.347 e. The molecule has 0 saturated carbocycles. The zero-order valence-electron chi connectivity index (χ0n) is 18.0. The van der Waals surface area contributed by atoms with Gasteiger partial charge in [-0.25, -0.2) is 4.79 Å². The molecule has 0 bridgehead atoms. The van der Waals surface area contributed by atoms with Crippen LogP contribution in [0.2, 0.25) is 0 Å². The summed E-state index contributed by atoms with van der Waals surface area (Å²) in [6.07, 6.45) is 3.71. The summed E-state index contributed by atoms with van der Waals surface area (Å²) in [5.74, 6) is 1.38. The van der Waals surface area contributed by atoms with Crippen molar-refractivity contribution in [1.82, 2.24) is 20.0 Å². The van der Waals surface area contributed by atoms with Gasteiger partial charge in [-0.15, -0.1) is 0 Å². The smallest absolute Gasteiger partial charge is 0.347 e. The lowest BCUT2D eigenvalue weighted by atomic mass is 9.92. The Morgan fingerprint density at radius 2 is 2.00 bits per heavy atom. The topological polar surface area (TPSA) is 80.4 Å². The average molecular weight is 411 g/mol. The number of nitrogens with zero attached hydrogens (tertiary/aromatic N) is 3. The summed E-state index contributed by atoms with van der Waals surface area (Å²) in [5.41, 5.74) is 1.77. The number of piperidine rings is 1. The zero-order chi connectivity index (χ0) is 21.3. The van der Waals surface area contributed by atoms with Crippen LogP contribution in [0.25, 0.3) is 21.9 Å². The highest BCUT2D eigenvalue weighted by molar-refractivity contribution is 6.02. The van der Waals surface area contributed by atoms with Gasteiger partial charge in [0.2, 0.25) is 5.91 Å². The Hall–Kier alpha value is -2.67. The molecule has 0 radical (unpaired) electrons. The fourth-order valence-electron chi connectivity index (χ4n) is 4.71. The van der Waals surface area contributed by atoms with Crippen molar-refractivity contribution < 1.29 is 9.21 Å². The van der Waals surface area contributed by atoms with Crippen LogP contribution in [-0.2, 0) is 11.3 Å². The van der Waals surface area contributed by atoms with Crippen molar-refractivity contribution >= 4 is 27.8 Å². The number of fused-ring (bicyclic) bond motifs is 3. The monoisotopic (exact) mass is 410 g/mol. The third-order valence-corrected chi connectivity index (χ3v) is 5.86. The second-order valence-electron chi connectivity index (χ2n) is 8.86. The van der Waals surface area contributed by atoms with Gasteiger partial charge in [0.15, 0.2) is 0 Å². The molecule has 4 rings (SSSR count). The van der Waals surface area contributed by atoms with E-state index in [-0.39, 0.29) is 12.5 Å². The van der Waals surface area contributed by atoms with Gasteiger partial charge >= 0.3 is 5.63 Å². The molecule has 3 aromatic rings. The lowest BCUT2D eigenvalue weighted by Crippen LogP contribution is -2.40. The van der Waals surface area contributed by atoms with Gasteiger partial charge in [0.05, 0.1) is 11.7 Å². The molecule has 0 unspecified atom stereocenters. The summed E-state index contributed by atoms with van der Waals surface area (Å²) < 4.78 is 6.98. The number of aromatic nitrogens is 2. The standard InChI is InChI=1S/C23H30N4O3/c1-15-5-6-20-18(10-15)22-19(23(29)30-20)11-25-27(22)14-21(28)24-7-4-8-26-12-16(2)9-17(3)13-26/h5-6,10-11,16-17H,4,7-9,12-14H2,1-3H3,(H,24,28)/t16-,17-/m1/s1. The quantitative estimate of drug-likeness (QED) is 0.499. The van der Waals surface area contributed by atoms with Crippen molar-refractivity contribution in [2.45, 2.75) is 40.2 Å². The minimum absolute atomic E-state index is 0.0772. The van der Waals surface area contributed by atoms with Gasteiger partial charge < -0.3 is 14.6 Å². The van der Waals surface area contributed by atoms with Gasteiger partial charge in [0.25, 0.3) is 0 Å². The van der Waals surface area contributed by atoms with Crippen molar-refractivity contribution in [2.75, 3.05) is 26.2 Å². The number of amides is 1. The summed E-state index contributed by atoms with van der Waals surface area (Å²) in [7, 11) is 0.